The van der Waals surface area contributed by atoms with Crippen molar-refractivity contribution in [3.05, 3.63) is 33.8 Å². The second kappa shape index (κ2) is 5.84. The summed E-state index contributed by atoms with van der Waals surface area (Å²) in [5.74, 6) is 0. The highest BCUT2D eigenvalue weighted by Crippen LogP contribution is 2.36. The summed E-state index contributed by atoms with van der Waals surface area (Å²) in [5, 5.41) is 2.91. The number of hydrogen-bond acceptors (Lipinski definition) is 2. The van der Waals surface area contributed by atoms with E-state index in [1.165, 1.54) is 13.2 Å². The van der Waals surface area contributed by atoms with Gasteiger partial charge in [0, 0.05) is 11.6 Å². The van der Waals surface area contributed by atoms with Gasteiger partial charge in [0.05, 0.1) is 18.2 Å². The van der Waals surface area contributed by atoms with Crippen LogP contribution in [0.2, 0.25) is 0 Å². The van der Waals surface area contributed by atoms with Gasteiger partial charge < -0.3 is 10.1 Å². The third-order valence-corrected chi connectivity index (χ3v) is 3.07. The van der Waals surface area contributed by atoms with Gasteiger partial charge in [-0.1, -0.05) is 22.0 Å². The minimum atomic E-state index is -4.36. The molecule has 0 saturated heterocycles. The Labute approximate surface area is 106 Å². The van der Waals surface area contributed by atoms with E-state index >= 15 is 0 Å². The average molecular weight is 312 g/mol. The lowest BCUT2D eigenvalue weighted by Crippen LogP contribution is -2.21. The highest BCUT2D eigenvalue weighted by atomic mass is 79.9. The van der Waals surface area contributed by atoms with Crippen molar-refractivity contribution >= 4 is 15.9 Å². The quantitative estimate of drug-likeness (QED) is 0.920. The van der Waals surface area contributed by atoms with Gasteiger partial charge in [0.1, 0.15) is 0 Å². The van der Waals surface area contributed by atoms with E-state index < -0.39 is 11.7 Å². The molecule has 1 unspecified atom stereocenters. The molecule has 0 fully saturated rings. The van der Waals surface area contributed by atoms with Crippen molar-refractivity contribution in [2.45, 2.75) is 12.2 Å². The molecule has 6 heteroatoms. The number of rotatable bonds is 4. The van der Waals surface area contributed by atoms with Crippen LogP contribution in [0.5, 0.6) is 0 Å². The molecule has 1 aromatic rings. The first-order valence-electron chi connectivity index (χ1n) is 4.93. The van der Waals surface area contributed by atoms with Crippen LogP contribution in [0.4, 0.5) is 13.2 Å². The predicted octanol–water partition coefficient (Wildman–Crippen LogP) is 3.37. The summed E-state index contributed by atoms with van der Waals surface area (Å²) in [6.45, 7) is 0.315. The van der Waals surface area contributed by atoms with Crippen LogP contribution in [0.25, 0.3) is 0 Å². The van der Waals surface area contributed by atoms with Crippen molar-refractivity contribution in [1.29, 1.82) is 0 Å². The zero-order valence-electron chi connectivity index (χ0n) is 9.44. The van der Waals surface area contributed by atoms with Crippen molar-refractivity contribution in [3.63, 3.8) is 0 Å². The summed E-state index contributed by atoms with van der Waals surface area (Å²) in [6, 6.07) is 3.91. The highest BCUT2D eigenvalue weighted by Gasteiger charge is 2.33. The molecule has 0 saturated carbocycles. The van der Waals surface area contributed by atoms with Gasteiger partial charge in [-0.2, -0.15) is 13.2 Å². The number of hydrogen-bond donors (Lipinski definition) is 1. The molecule has 0 aliphatic rings. The van der Waals surface area contributed by atoms with E-state index in [0.717, 1.165) is 6.07 Å². The molecule has 0 aliphatic heterocycles. The molecular formula is C11H13BrF3NO. The molecule has 96 valence electrons. The number of alkyl halides is 3. The third-order valence-electron chi connectivity index (χ3n) is 2.38. The number of likely N-dealkylation sites (N-methyl/N-ethyl adjacent to an activating group) is 1. The predicted molar refractivity (Wildman–Crippen MR) is 62.8 cm³/mol. The SMILES string of the molecule is CNC(COC)c1ccc(Br)c(C(F)(F)F)c1. The average Bonchev–Trinajstić information content (AvgIpc) is 2.25. The van der Waals surface area contributed by atoms with E-state index in [9.17, 15) is 13.2 Å². The number of methoxy groups -OCH3 is 1. The topological polar surface area (TPSA) is 21.3 Å². The van der Waals surface area contributed by atoms with Gasteiger partial charge in [-0.15, -0.1) is 0 Å². The maximum absolute atomic E-state index is 12.7. The Morgan fingerprint density at radius 3 is 2.53 bits per heavy atom. The van der Waals surface area contributed by atoms with Crippen LogP contribution in [-0.4, -0.2) is 20.8 Å². The van der Waals surface area contributed by atoms with E-state index in [-0.39, 0.29) is 10.5 Å². The summed E-state index contributed by atoms with van der Waals surface area (Å²) in [7, 11) is 3.19. The summed E-state index contributed by atoms with van der Waals surface area (Å²) in [4.78, 5) is 0. The van der Waals surface area contributed by atoms with Crippen molar-refractivity contribution in [2.24, 2.45) is 0 Å². The molecular weight excluding hydrogens is 299 g/mol. The molecule has 1 rings (SSSR count). The lowest BCUT2D eigenvalue weighted by Gasteiger charge is -2.18. The summed E-state index contributed by atoms with van der Waals surface area (Å²) < 4.78 is 43.1. The van der Waals surface area contributed by atoms with Gasteiger partial charge in [0.2, 0.25) is 0 Å². The standard InChI is InChI=1S/C11H13BrF3NO/c1-16-10(6-17-2)7-3-4-9(12)8(5-7)11(13,14)15/h3-5,10,16H,6H2,1-2H3. The minimum absolute atomic E-state index is 0.0426. The van der Waals surface area contributed by atoms with E-state index in [1.54, 1.807) is 13.1 Å². The van der Waals surface area contributed by atoms with Crippen molar-refractivity contribution in [2.75, 3.05) is 20.8 Å². The number of ether oxygens (including phenoxy) is 1. The van der Waals surface area contributed by atoms with E-state index in [1.807, 2.05) is 0 Å². The fourth-order valence-electron chi connectivity index (χ4n) is 1.49. The molecule has 1 N–H and O–H groups in total. The summed E-state index contributed by atoms with van der Waals surface area (Å²) in [6.07, 6.45) is -4.36. The van der Waals surface area contributed by atoms with Gasteiger partial charge in [-0.3, -0.25) is 0 Å². The zero-order chi connectivity index (χ0) is 13.1. The normalized spacial score (nSPS) is 13.8. The molecule has 1 aromatic carbocycles. The summed E-state index contributed by atoms with van der Waals surface area (Å²) >= 11 is 2.90. The molecule has 0 aliphatic carbocycles. The lowest BCUT2D eigenvalue weighted by molar-refractivity contribution is -0.138. The molecule has 0 amide bonds. The molecule has 0 aromatic heterocycles. The second-order valence-electron chi connectivity index (χ2n) is 3.53. The first-order valence-corrected chi connectivity index (χ1v) is 5.72. The lowest BCUT2D eigenvalue weighted by atomic mass is 10.0. The Bertz CT molecular complexity index is 381. The Balaban J connectivity index is 3.11. The van der Waals surface area contributed by atoms with Gasteiger partial charge in [-0.25, -0.2) is 0 Å². The first-order chi connectivity index (χ1) is 7.90. The van der Waals surface area contributed by atoms with Gasteiger partial charge in [-0.05, 0) is 24.7 Å². The smallest absolute Gasteiger partial charge is 0.383 e. The molecule has 0 bridgehead atoms. The largest absolute Gasteiger partial charge is 0.417 e. The van der Waals surface area contributed by atoms with Crippen LogP contribution in [-0.2, 0) is 10.9 Å². The van der Waals surface area contributed by atoms with Crippen LogP contribution in [0.3, 0.4) is 0 Å². The fourth-order valence-corrected chi connectivity index (χ4v) is 1.96. The minimum Gasteiger partial charge on any atom is -0.383 e. The third kappa shape index (κ3) is 3.69. The van der Waals surface area contributed by atoms with E-state index in [0.29, 0.717) is 12.2 Å². The maximum Gasteiger partial charge on any atom is 0.417 e. The zero-order valence-corrected chi connectivity index (χ0v) is 11.0. The number of halogens is 4. The van der Waals surface area contributed by atoms with Crippen molar-refractivity contribution in [3.8, 4) is 0 Å². The Hall–Kier alpha value is -0.590. The highest BCUT2D eigenvalue weighted by molar-refractivity contribution is 9.10. The molecule has 0 spiro atoms. The van der Waals surface area contributed by atoms with Crippen LogP contribution < -0.4 is 5.32 Å². The van der Waals surface area contributed by atoms with Crippen molar-refractivity contribution in [1.82, 2.24) is 5.32 Å². The fraction of sp³-hybridized carbons (Fsp3) is 0.455. The van der Waals surface area contributed by atoms with E-state index in [4.69, 9.17) is 4.74 Å². The van der Waals surface area contributed by atoms with Crippen LogP contribution in [0.1, 0.15) is 17.2 Å². The van der Waals surface area contributed by atoms with Crippen LogP contribution in [0, 0.1) is 0 Å². The maximum atomic E-state index is 12.7. The molecule has 0 radical (unpaired) electrons. The van der Waals surface area contributed by atoms with E-state index in [2.05, 4.69) is 21.2 Å². The second-order valence-corrected chi connectivity index (χ2v) is 4.39. The number of benzene rings is 1. The molecule has 1 atom stereocenters. The number of nitrogens with one attached hydrogen (secondary N) is 1. The van der Waals surface area contributed by atoms with Crippen LogP contribution in [0.15, 0.2) is 22.7 Å². The Morgan fingerprint density at radius 2 is 2.06 bits per heavy atom. The van der Waals surface area contributed by atoms with Crippen LogP contribution >= 0.6 is 15.9 Å². The summed E-state index contributed by atoms with van der Waals surface area (Å²) in [5.41, 5.74) is -0.128. The Morgan fingerprint density at radius 1 is 1.41 bits per heavy atom. The Kier molecular flexibility index (Phi) is 4.97. The molecule has 17 heavy (non-hydrogen) atoms. The molecule has 0 heterocycles. The molecule has 2 nitrogen and oxygen atoms in total. The monoisotopic (exact) mass is 311 g/mol. The van der Waals surface area contributed by atoms with Gasteiger partial charge >= 0.3 is 6.18 Å². The van der Waals surface area contributed by atoms with Crippen molar-refractivity contribution < 1.29 is 17.9 Å². The first kappa shape index (κ1) is 14.5. The van der Waals surface area contributed by atoms with Gasteiger partial charge in [0.25, 0.3) is 0 Å². The van der Waals surface area contributed by atoms with Gasteiger partial charge in [0.15, 0.2) is 0 Å².